The predicted octanol–water partition coefficient (Wildman–Crippen LogP) is 3.46. The molecule has 2 aromatic rings. The van der Waals surface area contributed by atoms with Crippen LogP contribution in [0.1, 0.15) is 25.3 Å². The van der Waals surface area contributed by atoms with Gasteiger partial charge in [0, 0.05) is 18.3 Å². The zero-order valence-corrected chi connectivity index (χ0v) is 14.1. The van der Waals surface area contributed by atoms with Crippen LogP contribution in [0.5, 0.6) is 0 Å². The highest BCUT2D eigenvalue weighted by Crippen LogP contribution is 2.41. The highest BCUT2D eigenvalue weighted by atomic mass is 32.2. The number of rotatable bonds is 5. The van der Waals surface area contributed by atoms with Crippen molar-refractivity contribution >= 4 is 11.8 Å². The summed E-state index contributed by atoms with van der Waals surface area (Å²) in [5.74, 6) is 2.23. The van der Waals surface area contributed by atoms with E-state index in [9.17, 15) is 4.39 Å². The molecule has 1 aromatic heterocycles. The highest BCUT2D eigenvalue weighted by molar-refractivity contribution is 7.99. The normalized spacial score (nSPS) is 21.9. The highest BCUT2D eigenvalue weighted by Gasteiger charge is 2.31. The molecule has 4 nitrogen and oxygen atoms in total. The Hall–Kier alpha value is -1.40. The monoisotopic (exact) mass is 332 g/mol. The molecule has 0 amide bonds. The molecule has 2 fully saturated rings. The summed E-state index contributed by atoms with van der Waals surface area (Å²) < 4.78 is 16.3. The maximum absolute atomic E-state index is 14.1. The van der Waals surface area contributed by atoms with Gasteiger partial charge in [-0.1, -0.05) is 23.9 Å². The van der Waals surface area contributed by atoms with E-state index in [-0.39, 0.29) is 5.82 Å². The minimum absolute atomic E-state index is 0.226. The second-order valence-corrected chi connectivity index (χ2v) is 7.60. The molecule has 122 valence electrons. The van der Waals surface area contributed by atoms with Crippen molar-refractivity contribution < 1.29 is 4.39 Å². The summed E-state index contributed by atoms with van der Waals surface area (Å²) in [4.78, 5) is 2.38. The summed E-state index contributed by atoms with van der Waals surface area (Å²) in [6.45, 7) is 2.34. The fourth-order valence-electron chi connectivity index (χ4n) is 3.22. The zero-order valence-electron chi connectivity index (χ0n) is 13.3. The molecule has 2 heterocycles. The van der Waals surface area contributed by atoms with Crippen molar-refractivity contribution in [2.75, 3.05) is 25.9 Å². The van der Waals surface area contributed by atoms with E-state index in [2.05, 4.69) is 26.7 Å². The van der Waals surface area contributed by atoms with E-state index in [0.29, 0.717) is 23.3 Å². The Morgan fingerprint density at radius 3 is 2.74 bits per heavy atom. The lowest BCUT2D eigenvalue weighted by atomic mass is 10.2. The van der Waals surface area contributed by atoms with E-state index in [1.54, 1.807) is 23.9 Å². The van der Waals surface area contributed by atoms with Gasteiger partial charge in [0.15, 0.2) is 11.0 Å². The lowest BCUT2D eigenvalue weighted by molar-refractivity contribution is 0.403. The zero-order chi connectivity index (χ0) is 15.8. The van der Waals surface area contributed by atoms with Crippen molar-refractivity contribution in [1.82, 2.24) is 19.7 Å². The molecular formula is C17H21FN4S. The summed E-state index contributed by atoms with van der Waals surface area (Å²) >= 11 is 1.78. The molecule has 1 saturated carbocycles. The number of hydrogen-bond acceptors (Lipinski definition) is 4. The molecule has 1 aliphatic carbocycles. The van der Waals surface area contributed by atoms with Gasteiger partial charge in [0.1, 0.15) is 5.82 Å². The van der Waals surface area contributed by atoms with Gasteiger partial charge in [0.05, 0.1) is 5.56 Å². The van der Waals surface area contributed by atoms with Gasteiger partial charge in [-0.05, 0) is 50.9 Å². The molecular weight excluding hydrogens is 311 g/mol. The molecule has 1 saturated heterocycles. The maximum atomic E-state index is 14.1. The largest absolute Gasteiger partial charge is 0.306 e. The van der Waals surface area contributed by atoms with Crippen LogP contribution in [0.25, 0.3) is 11.4 Å². The average Bonchev–Trinajstić information content (AvgIpc) is 3.16. The second kappa shape index (κ2) is 6.24. The van der Waals surface area contributed by atoms with Gasteiger partial charge in [0.2, 0.25) is 0 Å². The molecule has 1 aromatic carbocycles. The average molecular weight is 332 g/mol. The molecule has 0 radical (unpaired) electrons. The van der Waals surface area contributed by atoms with Crippen LogP contribution in [-0.2, 0) is 0 Å². The Labute approximate surface area is 140 Å². The van der Waals surface area contributed by atoms with E-state index in [1.165, 1.54) is 19.0 Å². The predicted molar refractivity (Wildman–Crippen MR) is 90.0 cm³/mol. The topological polar surface area (TPSA) is 34.0 Å². The van der Waals surface area contributed by atoms with Crippen LogP contribution in [0.3, 0.4) is 0 Å². The van der Waals surface area contributed by atoms with Crippen molar-refractivity contribution in [1.29, 1.82) is 0 Å². The van der Waals surface area contributed by atoms with Crippen LogP contribution < -0.4 is 0 Å². The molecule has 4 rings (SSSR count). The fourth-order valence-corrected chi connectivity index (χ4v) is 4.35. The van der Waals surface area contributed by atoms with Crippen LogP contribution in [0.15, 0.2) is 29.4 Å². The van der Waals surface area contributed by atoms with E-state index in [4.69, 9.17) is 0 Å². The Morgan fingerprint density at radius 1 is 1.22 bits per heavy atom. The summed E-state index contributed by atoms with van der Waals surface area (Å²) in [5, 5.41) is 9.63. The van der Waals surface area contributed by atoms with Gasteiger partial charge < -0.3 is 4.90 Å². The Balaban J connectivity index is 1.57. The van der Waals surface area contributed by atoms with Crippen molar-refractivity contribution in [3.8, 4) is 11.4 Å². The number of hydrogen-bond donors (Lipinski definition) is 0. The van der Waals surface area contributed by atoms with E-state index in [0.717, 1.165) is 30.3 Å². The summed E-state index contributed by atoms with van der Waals surface area (Å²) in [5.41, 5.74) is 0.555. The summed E-state index contributed by atoms with van der Waals surface area (Å²) in [6.07, 6.45) is 3.53. The van der Waals surface area contributed by atoms with Gasteiger partial charge in [-0.25, -0.2) is 4.39 Å². The third-order valence-electron chi connectivity index (χ3n) is 4.63. The first-order chi connectivity index (χ1) is 11.2. The van der Waals surface area contributed by atoms with Gasteiger partial charge in [-0.2, -0.15) is 0 Å². The van der Waals surface area contributed by atoms with Crippen LogP contribution in [0, 0.1) is 11.7 Å². The molecule has 2 aliphatic rings. The van der Waals surface area contributed by atoms with Crippen LogP contribution in [-0.4, -0.2) is 45.6 Å². The minimum Gasteiger partial charge on any atom is -0.306 e. The number of likely N-dealkylation sites (tertiary alicyclic amines) is 1. The number of benzene rings is 1. The van der Waals surface area contributed by atoms with Crippen molar-refractivity contribution in [3.05, 3.63) is 30.1 Å². The van der Waals surface area contributed by atoms with Gasteiger partial charge in [0.25, 0.3) is 0 Å². The lowest BCUT2D eigenvalue weighted by Crippen LogP contribution is -2.15. The van der Waals surface area contributed by atoms with Crippen molar-refractivity contribution in [2.24, 2.45) is 5.92 Å². The molecule has 0 spiro atoms. The smallest absolute Gasteiger partial charge is 0.191 e. The second-order valence-electron chi connectivity index (χ2n) is 6.62. The third kappa shape index (κ3) is 3.15. The third-order valence-corrected chi connectivity index (χ3v) is 5.80. The number of halogens is 1. The molecule has 23 heavy (non-hydrogen) atoms. The number of aromatic nitrogens is 3. The standard InChI is InChI=1S/C17H21FN4S/c1-21-9-8-12(10-21)11-23-17-20-19-16(22(17)13-6-7-13)14-4-2-3-5-15(14)18/h2-5,12-13H,6-11H2,1H3. The Morgan fingerprint density at radius 2 is 2.04 bits per heavy atom. The fraction of sp³-hybridized carbons (Fsp3) is 0.529. The van der Waals surface area contributed by atoms with Crippen LogP contribution >= 0.6 is 11.8 Å². The maximum Gasteiger partial charge on any atom is 0.191 e. The van der Waals surface area contributed by atoms with Gasteiger partial charge >= 0.3 is 0 Å². The van der Waals surface area contributed by atoms with Gasteiger partial charge in [-0.15, -0.1) is 10.2 Å². The Kier molecular flexibility index (Phi) is 4.11. The minimum atomic E-state index is -0.226. The lowest BCUT2D eigenvalue weighted by Gasteiger charge is -2.12. The first kappa shape index (κ1) is 15.1. The Bertz CT molecular complexity index is 698. The summed E-state index contributed by atoms with van der Waals surface area (Å²) in [7, 11) is 2.17. The van der Waals surface area contributed by atoms with E-state index < -0.39 is 0 Å². The number of nitrogens with zero attached hydrogens (tertiary/aromatic N) is 4. The van der Waals surface area contributed by atoms with Crippen molar-refractivity contribution in [3.63, 3.8) is 0 Å². The molecule has 0 N–H and O–H groups in total. The van der Waals surface area contributed by atoms with Crippen LogP contribution in [0.4, 0.5) is 4.39 Å². The molecule has 1 atom stereocenters. The first-order valence-electron chi connectivity index (χ1n) is 8.23. The molecule has 6 heteroatoms. The molecule has 0 bridgehead atoms. The molecule has 1 aliphatic heterocycles. The number of thioether (sulfide) groups is 1. The van der Waals surface area contributed by atoms with E-state index in [1.807, 2.05) is 6.07 Å². The SMILES string of the molecule is CN1CCC(CSc2nnc(-c3ccccc3F)n2C2CC2)C1. The first-order valence-corrected chi connectivity index (χ1v) is 9.22. The van der Waals surface area contributed by atoms with Crippen LogP contribution in [0.2, 0.25) is 0 Å². The van der Waals surface area contributed by atoms with E-state index >= 15 is 0 Å². The molecule has 1 unspecified atom stereocenters. The van der Waals surface area contributed by atoms with Gasteiger partial charge in [-0.3, -0.25) is 4.57 Å². The summed E-state index contributed by atoms with van der Waals surface area (Å²) in [6, 6.07) is 7.28. The van der Waals surface area contributed by atoms with Crippen molar-refractivity contribution in [2.45, 2.75) is 30.5 Å². The quantitative estimate of drug-likeness (QED) is 0.785.